The molecule has 1 aromatic carbocycles. The number of carbonyl (C=O) groups is 2. The first-order chi connectivity index (χ1) is 10.8. The molecule has 0 radical (unpaired) electrons. The van der Waals surface area contributed by atoms with E-state index < -0.39 is 25.1 Å². The van der Waals surface area contributed by atoms with Crippen molar-refractivity contribution in [3.05, 3.63) is 24.3 Å². The first-order valence-corrected chi connectivity index (χ1v) is 6.06. The van der Waals surface area contributed by atoms with E-state index in [0.717, 1.165) is 0 Å². The maximum absolute atomic E-state index is 11.9. The maximum atomic E-state index is 11.9. The maximum Gasteiger partial charge on any atom is 0.359 e. The van der Waals surface area contributed by atoms with Crippen LogP contribution in [0.15, 0.2) is 24.3 Å². The molecule has 6 nitrogen and oxygen atoms in total. The predicted octanol–water partition coefficient (Wildman–Crippen LogP) is 1.57. The van der Waals surface area contributed by atoms with Crippen LogP contribution in [0.5, 0.6) is 11.5 Å². The third-order valence-electron chi connectivity index (χ3n) is 2.21. The second-order valence-corrected chi connectivity index (χ2v) is 3.55. The highest BCUT2D eigenvalue weighted by Crippen LogP contribution is 2.27. The van der Waals surface area contributed by atoms with E-state index in [-0.39, 0.29) is 24.7 Å². The minimum atomic E-state index is -2.71. The molecule has 1 rings (SSSR count). The number of ether oxygens (including phenoxy) is 4. The standard InChI is InChI=1S/C14H18O6/c1-4-18-13(15)12(14(16)19-5-2)20-11-9-7-6-8-10(11)17-3/h6-9,12H,4-5H2,1-3H3/i3D3. The van der Waals surface area contributed by atoms with Crippen molar-refractivity contribution in [1.82, 2.24) is 0 Å². The normalized spacial score (nSPS) is 12.8. The first-order valence-electron chi connectivity index (χ1n) is 7.56. The summed E-state index contributed by atoms with van der Waals surface area (Å²) in [5, 5.41) is 0. The predicted molar refractivity (Wildman–Crippen MR) is 70.7 cm³/mol. The third-order valence-corrected chi connectivity index (χ3v) is 2.21. The number of hydrogen-bond donors (Lipinski definition) is 0. The summed E-state index contributed by atoms with van der Waals surface area (Å²) in [7, 11) is -2.71. The van der Waals surface area contributed by atoms with Gasteiger partial charge in [-0.2, -0.15) is 0 Å². The lowest BCUT2D eigenvalue weighted by Gasteiger charge is -2.17. The van der Waals surface area contributed by atoms with Gasteiger partial charge in [0.15, 0.2) is 11.5 Å². The number of benzene rings is 1. The minimum Gasteiger partial charge on any atom is -0.493 e. The number of hydrogen-bond acceptors (Lipinski definition) is 6. The van der Waals surface area contributed by atoms with Gasteiger partial charge in [0.05, 0.1) is 24.4 Å². The van der Waals surface area contributed by atoms with Crippen LogP contribution in [0.1, 0.15) is 18.0 Å². The number of para-hydroxylation sites is 2. The van der Waals surface area contributed by atoms with Crippen LogP contribution in [0.2, 0.25) is 0 Å². The average molecular weight is 285 g/mol. The molecule has 0 saturated heterocycles. The van der Waals surface area contributed by atoms with Crippen molar-refractivity contribution in [2.75, 3.05) is 20.3 Å². The van der Waals surface area contributed by atoms with Crippen molar-refractivity contribution in [2.45, 2.75) is 20.0 Å². The molecule has 1 aromatic rings. The van der Waals surface area contributed by atoms with Crippen LogP contribution in [0.25, 0.3) is 0 Å². The summed E-state index contributed by atoms with van der Waals surface area (Å²) in [6.07, 6.45) is -1.67. The Morgan fingerprint density at radius 2 is 1.65 bits per heavy atom. The summed E-state index contributed by atoms with van der Waals surface area (Å²) < 4.78 is 41.0. The van der Waals surface area contributed by atoms with Gasteiger partial charge in [-0.05, 0) is 26.0 Å². The average Bonchev–Trinajstić information content (AvgIpc) is 2.45. The van der Waals surface area contributed by atoms with Gasteiger partial charge in [-0.25, -0.2) is 9.59 Å². The fourth-order valence-electron chi connectivity index (χ4n) is 1.39. The van der Waals surface area contributed by atoms with E-state index in [1.807, 2.05) is 0 Å². The Labute approximate surface area is 121 Å². The van der Waals surface area contributed by atoms with E-state index in [0.29, 0.717) is 0 Å². The van der Waals surface area contributed by atoms with Crippen LogP contribution < -0.4 is 9.47 Å². The van der Waals surface area contributed by atoms with E-state index in [1.165, 1.54) is 24.3 Å². The number of esters is 2. The summed E-state index contributed by atoms with van der Waals surface area (Å²) in [6, 6.07) is 5.77. The van der Waals surface area contributed by atoms with Gasteiger partial charge in [0.1, 0.15) is 0 Å². The van der Waals surface area contributed by atoms with Crippen LogP contribution in [0.4, 0.5) is 0 Å². The highest BCUT2D eigenvalue weighted by atomic mass is 16.6. The first kappa shape index (κ1) is 11.6. The van der Waals surface area contributed by atoms with Crippen LogP contribution in [-0.2, 0) is 19.1 Å². The zero-order valence-electron chi connectivity index (χ0n) is 14.3. The molecular weight excluding hydrogens is 264 g/mol. The van der Waals surface area contributed by atoms with Gasteiger partial charge in [-0.15, -0.1) is 0 Å². The van der Waals surface area contributed by atoms with Crippen molar-refractivity contribution >= 4 is 11.9 Å². The molecule has 0 spiro atoms. The van der Waals surface area contributed by atoms with E-state index in [9.17, 15) is 9.59 Å². The second-order valence-electron chi connectivity index (χ2n) is 3.55. The fraction of sp³-hybridized carbons (Fsp3) is 0.429. The molecule has 0 fully saturated rings. The quantitative estimate of drug-likeness (QED) is 0.559. The van der Waals surface area contributed by atoms with Crippen molar-refractivity contribution < 1.29 is 32.6 Å². The SMILES string of the molecule is [2H]C([2H])([2H])Oc1ccccc1OC(C(=O)OCC)C(=O)OCC. The molecule has 0 aliphatic heterocycles. The zero-order valence-corrected chi connectivity index (χ0v) is 11.3. The van der Waals surface area contributed by atoms with Gasteiger partial charge in [-0.3, -0.25) is 0 Å². The van der Waals surface area contributed by atoms with Crippen LogP contribution in [0, 0.1) is 0 Å². The minimum absolute atomic E-state index is 0.0471. The molecule has 0 saturated carbocycles. The number of rotatable bonds is 7. The molecule has 0 amide bonds. The highest BCUT2D eigenvalue weighted by Gasteiger charge is 2.32. The van der Waals surface area contributed by atoms with Gasteiger partial charge in [0.25, 0.3) is 6.10 Å². The number of carbonyl (C=O) groups excluding carboxylic acids is 2. The summed E-state index contributed by atoms with van der Waals surface area (Å²) in [5.74, 6) is -2.09. The molecule has 0 N–H and O–H groups in total. The van der Waals surface area contributed by atoms with Gasteiger partial charge in [-0.1, -0.05) is 12.1 Å². The third kappa shape index (κ3) is 4.15. The lowest BCUT2D eigenvalue weighted by molar-refractivity contribution is -0.166. The second kappa shape index (κ2) is 8.04. The number of methoxy groups -OCH3 is 1. The Bertz CT molecular complexity index is 526. The van der Waals surface area contributed by atoms with E-state index in [4.69, 9.17) is 23.1 Å². The van der Waals surface area contributed by atoms with E-state index >= 15 is 0 Å². The van der Waals surface area contributed by atoms with Crippen molar-refractivity contribution in [2.24, 2.45) is 0 Å². The van der Waals surface area contributed by atoms with Gasteiger partial charge < -0.3 is 18.9 Å². The molecule has 0 aliphatic rings. The molecule has 0 aliphatic carbocycles. The monoisotopic (exact) mass is 285 g/mol. The van der Waals surface area contributed by atoms with Crippen LogP contribution >= 0.6 is 0 Å². The zero-order chi connectivity index (χ0) is 17.5. The Morgan fingerprint density at radius 3 is 2.15 bits per heavy atom. The molecule has 6 heteroatoms. The Morgan fingerprint density at radius 1 is 1.10 bits per heavy atom. The van der Waals surface area contributed by atoms with Gasteiger partial charge in [0.2, 0.25) is 0 Å². The lowest BCUT2D eigenvalue weighted by Crippen LogP contribution is -2.38. The van der Waals surface area contributed by atoms with Crippen molar-refractivity contribution in [3.8, 4) is 11.5 Å². The lowest BCUT2D eigenvalue weighted by atomic mass is 10.3. The van der Waals surface area contributed by atoms with Crippen molar-refractivity contribution in [3.63, 3.8) is 0 Å². The Balaban J connectivity index is 3.03. The Kier molecular flexibility index (Phi) is 4.65. The largest absolute Gasteiger partial charge is 0.493 e. The van der Waals surface area contributed by atoms with Gasteiger partial charge in [0, 0.05) is 0 Å². The molecule has 0 atom stereocenters. The molecule has 0 aromatic heterocycles. The molecular formula is C14H18O6. The van der Waals surface area contributed by atoms with E-state index in [1.54, 1.807) is 13.8 Å². The van der Waals surface area contributed by atoms with E-state index in [2.05, 4.69) is 0 Å². The molecule has 0 bridgehead atoms. The van der Waals surface area contributed by atoms with Crippen LogP contribution in [0.3, 0.4) is 0 Å². The molecule has 0 unspecified atom stereocenters. The van der Waals surface area contributed by atoms with Crippen LogP contribution in [-0.4, -0.2) is 38.3 Å². The summed E-state index contributed by atoms with van der Waals surface area (Å²) in [5.41, 5.74) is 0. The van der Waals surface area contributed by atoms with Gasteiger partial charge >= 0.3 is 11.9 Å². The topological polar surface area (TPSA) is 71.1 Å². The fourth-order valence-corrected chi connectivity index (χ4v) is 1.39. The summed E-state index contributed by atoms with van der Waals surface area (Å²) in [6.45, 7) is 3.24. The molecule has 20 heavy (non-hydrogen) atoms. The summed E-state index contributed by atoms with van der Waals surface area (Å²) >= 11 is 0. The summed E-state index contributed by atoms with van der Waals surface area (Å²) in [4.78, 5) is 23.7. The molecule has 110 valence electrons. The van der Waals surface area contributed by atoms with Crippen molar-refractivity contribution in [1.29, 1.82) is 0 Å². The molecule has 0 heterocycles. The Hall–Kier alpha value is -2.24. The smallest absolute Gasteiger partial charge is 0.359 e. The highest BCUT2D eigenvalue weighted by molar-refractivity contribution is 5.98.